The molecule has 1 aromatic carbocycles. The Balaban J connectivity index is 1.67. The topological polar surface area (TPSA) is 81.4 Å². The summed E-state index contributed by atoms with van der Waals surface area (Å²) in [6, 6.07) is 9.31. The summed E-state index contributed by atoms with van der Waals surface area (Å²) in [4.78, 5) is 23.6. The quantitative estimate of drug-likeness (QED) is 0.730. The number of benzene rings is 1. The van der Waals surface area contributed by atoms with Crippen LogP contribution in [-0.2, 0) is 0 Å². The Morgan fingerprint density at radius 3 is 3.04 bits per heavy atom. The smallest absolute Gasteiger partial charge is 0.254 e. The van der Waals surface area contributed by atoms with E-state index >= 15 is 0 Å². The molecular weight excluding hydrogens is 320 g/mol. The van der Waals surface area contributed by atoms with Gasteiger partial charge in [0.15, 0.2) is 5.82 Å². The highest BCUT2D eigenvalue weighted by atomic mass is 16.5. The van der Waals surface area contributed by atoms with Gasteiger partial charge >= 0.3 is 0 Å². The molecule has 1 aliphatic heterocycles. The fraction of sp³-hybridized carbons (Fsp3) is 0.333. The number of amides is 1. The SMILES string of the molecule is COc1cc(C(=O)N2CCCC(c3ncon3)C2)c2ccccc2n1. The number of likely N-dealkylation sites (tertiary alicyclic amines) is 1. The Bertz CT molecular complexity index is 894. The van der Waals surface area contributed by atoms with Crippen molar-refractivity contribution in [2.45, 2.75) is 18.8 Å². The fourth-order valence-electron chi connectivity index (χ4n) is 3.33. The monoisotopic (exact) mass is 338 g/mol. The molecule has 0 aliphatic carbocycles. The van der Waals surface area contributed by atoms with Crippen LogP contribution in [0.4, 0.5) is 0 Å². The van der Waals surface area contributed by atoms with Crippen molar-refractivity contribution in [2.75, 3.05) is 20.2 Å². The van der Waals surface area contributed by atoms with Gasteiger partial charge in [0, 0.05) is 30.5 Å². The number of fused-ring (bicyclic) bond motifs is 1. The lowest BCUT2D eigenvalue weighted by Crippen LogP contribution is -2.39. The highest BCUT2D eigenvalue weighted by Gasteiger charge is 2.29. The molecular formula is C18H18N4O3. The van der Waals surface area contributed by atoms with Gasteiger partial charge in [0.2, 0.25) is 12.3 Å². The van der Waals surface area contributed by atoms with Gasteiger partial charge in [0.1, 0.15) is 0 Å². The number of piperidine rings is 1. The van der Waals surface area contributed by atoms with Crippen molar-refractivity contribution in [1.29, 1.82) is 0 Å². The molecule has 7 nitrogen and oxygen atoms in total. The van der Waals surface area contributed by atoms with Gasteiger partial charge < -0.3 is 14.2 Å². The summed E-state index contributed by atoms with van der Waals surface area (Å²) in [7, 11) is 1.55. The molecule has 2 aromatic heterocycles. The highest BCUT2D eigenvalue weighted by Crippen LogP contribution is 2.28. The molecule has 1 aliphatic rings. The molecule has 3 aromatic rings. The fourth-order valence-corrected chi connectivity index (χ4v) is 3.33. The van der Waals surface area contributed by atoms with Crippen molar-refractivity contribution in [2.24, 2.45) is 0 Å². The van der Waals surface area contributed by atoms with E-state index in [-0.39, 0.29) is 11.8 Å². The zero-order valence-electron chi connectivity index (χ0n) is 13.9. The number of hydrogen-bond acceptors (Lipinski definition) is 6. The van der Waals surface area contributed by atoms with Crippen molar-refractivity contribution in [3.05, 3.63) is 48.1 Å². The molecule has 3 heterocycles. The number of hydrogen-bond donors (Lipinski definition) is 0. The minimum atomic E-state index is -0.0231. The van der Waals surface area contributed by atoms with Crippen LogP contribution in [-0.4, -0.2) is 46.1 Å². The van der Waals surface area contributed by atoms with E-state index in [0.717, 1.165) is 23.7 Å². The first-order valence-electron chi connectivity index (χ1n) is 8.25. The average molecular weight is 338 g/mol. The summed E-state index contributed by atoms with van der Waals surface area (Å²) in [6.45, 7) is 1.30. The number of carbonyl (C=O) groups excluding carboxylic acids is 1. The van der Waals surface area contributed by atoms with Gasteiger partial charge in [-0.05, 0) is 18.9 Å². The van der Waals surface area contributed by atoms with Gasteiger partial charge in [0.05, 0.1) is 18.2 Å². The van der Waals surface area contributed by atoms with E-state index in [1.54, 1.807) is 13.2 Å². The Kier molecular flexibility index (Phi) is 4.05. The molecule has 4 rings (SSSR count). The number of ether oxygens (including phenoxy) is 1. The Hall–Kier alpha value is -2.96. The second kappa shape index (κ2) is 6.51. The predicted molar refractivity (Wildman–Crippen MR) is 90.5 cm³/mol. The Labute approximate surface area is 144 Å². The lowest BCUT2D eigenvalue weighted by atomic mass is 9.96. The standard InChI is InChI=1S/C18H18N4O3/c1-24-16-9-14(13-6-2-3-7-15(13)20-16)18(23)22-8-4-5-12(10-22)17-19-11-25-21-17/h2-3,6-7,9,11-12H,4-5,8,10H2,1H3. The maximum absolute atomic E-state index is 13.2. The first-order chi connectivity index (χ1) is 12.3. The van der Waals surface area contributed by atoms with Crippen molar-refractivity contribution in [3.63, 3.8) is 0 Å². The molecule has 0 saturated carbocycles. The van der Waals surface area contributed by atoms with Crippen molar-refractivity contribution >= 4 is 16.8 Å². The second-order valence-electron chi connectivity index (χ2n) is 6.11. The van der Waals surface area contributed by atoms with E-state index in [1.807, 2.05) is 29.2 Å². The molecule has 0 spiro atoms. The zero-order chi connectivity index (χ0) is 17.2. The molecule has 1 unspecified atom stereocenters. The van der Waals surface area contributed by atoms with Crippen LogP contribution in [0.3, 0.4) is 0 Å². The number of pyridine rings is 1. The summed E-state index contributed by atoms with van der Waals surface area (Å²) in [6.07, 6.45) is 3.19. The number of para-hydroxylation sites is 1. The minimum Gasteiger partial charge on any atom is -0.481 e. The number of rotatable bonds is 3. The minimum absolute atomic E-state index is 0.0231. The zero-order valence-corrected chi connectivity index (χ0v) is 13.9. The molecule has 1 amide bonds. The number of aromatic nitrogens is 3. The summed E-state index contributed by atoms with van der Waals surface area (Å²) in [5.74, 6) is 1.18. The van der Waals surface area contributed by atoms with Crippen LogP contribution >= 0.6 is 0 Å². The lowest BCUT2D eigenvalue weighted by molar-refractivity contribution is 0.0705. The molecule has 1 atom stereocenters. The van der Waals surface area contributed by atoms with Crippen LogP contribution in [0.15, 0.2) is 41.2 Å². The maximum atomic E-state index is 13.2. The van der Waals surface area contributed by atoms with Gasteiger partial charge in [-0.3, -0.25) is 4.79 Å². The Morgan fingerprint density at radius 2 is 2.24 bits per heavy atom. The molecule has 0 radical (unpaired) electrons. The lowest BCUT2D eigenvalue weighted by Gasteiger charge is -2.31. The molecule has 1 saturated heterocycles. The van der Waals surface area contributed by atoms with Crippen LogP contribution in [0.5, 0.6) is 5.88 Å². The van der Waals surface area contributed by atoms with Crippen LogP contribution in [0, 0.1) is 0 Å². The van der Waals surface area contributed by atoms with Crippen molar-refractivity contribution in [3.8, 4) is 5.88 Å². The molecule has 25 heavy (non-hydrogen) atoms. The molecule has 128 valence electrons. The van der Waals surface area contributed by atoms with Gasteiger partial charge in [-0.2, -0.15) is 4.98 Å². The summed E-state index contributed by atoms with van der Waals surface area (Å²) in [5.41, 5.74) is 1.35. The van der Waals surface area contributed by atoms with E-state index < -0.39 is 0 Å². The van der Waals surface area contributed by atoms with Crippen LogP contribution < -0.4 is 4.74 Å². The number of carbonyl (C=O) groups is 1. The van der Waals surface area contributed by atoms with Crippen LogP contribution in [0.1, 0.15) is 34.9 Å². The first-order valence-corrected chi connectivity index (χ1v) is 8.25. The normalized spacial score (nSPS) is 17.6. The van der Waals surface area contributed by atoms with E-state index in [2.05, 4.69) is 15.1 Å². The largest absolute Gasteiger partial charge is 0.481 e. The van der Waals surface area contributed by atoms with Gasteiger partial charge in [-0.1, -0.05) is 23.4 Å². The van der Waals surface area contributed by atoms with E-state index in [1.165, 1.54) is 6.39 Å². The molecule has 7 heteroatoms. The molecule has 0 N–H and O–H groups in total. The first kappa shape index (κ1) is 15.6. The second-order valence-corrected chi connectivity index (χ2v) is 6.11. The van der Waals surface area contributed by atoms with Crippen molar-refractivity contribution < 1.29 is 14.1 Å². The third-order valence-electron chi connectivity index (χ3n) is 4.58. The van der Waals surface area contributed by atoms with Gasteiger partial charge in [-0.25, -0.2) is 4.98 Å². The number of methoxy groups -OCH3 is 1. The van der Waals surface area contributed by atoms with E-state index in [4.69, 9.17) is 9.26 Å². The van der Waals surface area contributed by atoms with E-state index in [9.17, 15) is 4.79 Å². The summed E-state index contributed by atoms with van der Waals surface area (Å²) < 4.78 is 10.1. The predicted octanol–water partition coefficient (Wildman–Crippen LogP) is 2.65. The average Bonchev–Trinajstić information content (AvgIpc) is 3.21. The Morgan fingerprint density at radius 1 is 1.36 bits per heavy atom. The van der Waals surface area contributed by atoms with Crippen LogP contribution in [0.25, 0.3) is 10.9 Å². The van der Waals surface area contributed by atoms with Crippen molar-refractivity contribution in [1.82, 2.24) is 20.0 Å². The van der Waals surface area contributed by atoms with E-state index in [0.29, 0.717) is 30.4 Å². The molecule has 1 fully saturated rings. The third kappa shape index (κ3) is 2.93. The maximum Gasteiger partial charge on any atom is 0.254 e. The summed E-state index contributed by atoms with van der Waals surface area (Å²) in [5, 5.41) is 4.76. The summed E-state index contributed by atoms with van der Waals surface area (Å²) >= 11 is 0. The van der Waals surface area contributed by atoms with Gasteiger partial charge in [0.25, 0.3) is 5.91 Å². The highest BCUT2D eigenvalue weighted by molar-refractivity contribution is 6.06. The van der Waals surface area contributed by atoms with Crippen LogP contribution in [0.2, 0.25) is 0 Å². The van der Waals surface area contributed by atoms with Gasteiger partial charge in [-0.15, -0.1) is 0 Å². The molecule has 0 bridgehead atoms. The number of nitrogens with zero attached hydrogens (tertiary/aromatic N) is 4. The third-order valence-corrected chi connectivity index (χ3v) is 4.58.